The highest BCUT2D eigenvalue weighted by Gasteiger charge is 2.31. The van der Waals surface area contributed by atoms with Gasteiger partial charge in [0.15, 0.2) is 0 Å². The first-order valence-electron chi connectivity index (χ1n) is 12.8. The van der Waals surface area contributed by atoms with Gasteiger partial charge in [-0.15, -0.1) is 0 Å². The minimum atomic E-state index is -4.33. The number of benzene rings is 2. The van der Waals surface area contributed by atoms with E-state index < -0.39 is 22.6 Å². The van der Waals surface area contributed by atoms with E-state index >= 15 is 0 Å². The first-order chi connectivity index (χ1) is 18.3. The molecule has 1 atom stereocenters. The van der Waals surface area contributed by atoms with Crippen molar-refractivity contribution in [1.29, 1.82) is 0 Å². The van der Waals surface area contributed by atoms with E-state index in [-0.39, 0.29) is 48.4 Å². The second-order valence-electron chi connectivity index (χ2n) is 10.4. The lowest BCUT2D eigenvalue weighted by molar-refractivity contribution is -0.140. The Balaban J connectivity index is 1.84. The molecule has 1 N–H and O–H groups in total. The largest absolute Gasteiger partial charge is 0.476 e. The number of sulfonamides is 1. The van der Waals surface area contributed by atoms with Crippen molar-refractivity contribution in [3.63, 3.8) is 0 Å². The average molecular weight is 563 g/mol. The van der Waals surface area contributed by atoms with Crippen molar-refractivity contribution in [1.82, 2.24) is 14.9 Å². The third-order valence-electron chi connectivity index (χ3n) is 6.63. The standard InChI is InChI=1S/C28H33F3N4O3S/c1-18(2)13-22-17-38-25-15-24(26-19(3)7-5-8-20(26)4)32-27(33-25)34-39(36,37)23-10-6-9-21(14-23)16-35(22)12-11-28(29,30)31/h5-10,14-15,18,22H,11-13,16-17H2,1-4H3,(H,32,33,34)/t22-/m1/s1. The normalized spacial score (nSPS) is 17.9. The van der Waals surface area contributed by atoms with Crippen molar-refractivity contribution >= 4 is 16.0 Å². The van der Waals surface area contributed by atoms with Gasteiger partial charge in [-0.2, -0.15) is 18.2 Å². The second kappa shape index (κ2) is 11.5. The smallest absolute Gasteiger partial charge is 0.390 e. The molecule has 4 bridgehead atoms. The minimum absolute atomic E-state index is 0.0287. The maximum Gasteiger partial charge on any atom is 0.390 e. The van der Waals surface area contributed by atoms with Gasteiger partial charge < -0.3 is 4.74 Å². The molecule has 0 unspecified atom stereocenters. The van der Waals surface area contributed by atoms with Crippen LogP contribution in [0.25, 0.3) is 11.3 Å². The van der Waals surface area contributed by atoms with Gasteiger partial charge in [0.2, 0.25) is 11.8 Å². The highest BCUT2D eigenvalue weighted by atomic mass is 32.2. The monoisotopic (exact) mass is 562 g/mol. The number of nitrogens with one attached hydrogen (secondary N) is 1. The first kappa shape index (κ1) is 28.8. The van der Waals surface area contributed by atoms with Crippen LogP contribution in [0.4, 0.5) is 19.1 Å². The van der Waals surface area contributed by atoms with Crippen LogP contribution in [0.5, 0.6) is 5.88 Å². The molecule has 4 rings (SSSR count). The summed E-state index contributed by atoms with van der Waals surface area (Å²) in [7, 11) is -4.09. The Kier molecular flexibility index (Phi) is 8.51. The van der Waals surface area contributed by atoms with Gasteiger partial charge in [-0.05, 0) is 55.0 Å². The van der Waals surface area contributed by atoms with Gasteiger partial charge in [0.25, 0.3) is 10.0 Å². The molecule has 0 radical (unpaired) electrons. The molecule has 39 heavy (non-hydrogen) atoms. The molecule has 7 nitrogen and oxygen atoms in total. The number of fused-ring (bicyclic) bond motifs is 4. The van der Waals surface area contributed by atoms with Crippen LogP contribution in [0.1, 0.15) is 43.4 Å². The molecule has 0 amide bonds. The molecule has 1 aromatic heterocycles. The summed E-state index contributed by atoms with van der Waals surface area (Å²) in [4.78, 5) is 10.5. The van der Waals surface area contributed by atoms with Gasteiger partial charge >= 0.3 is 6.18 Å². The van der Waals surface area contributed by atoms with Gasteiger partial charge in [-0.1, -0.05) is 44.2 Å². The summed E-state index contributed by atoms with van der Waals surface area (Å²) in [6.45, 7) is 7.83. The Morgan fingerprint density at radius 1 is 1.08 bits per heavy atom. The van der Waals surface area contributed by atoms with Crippen LogP contribution in [-0.2, 0) is 16.6 Å². The Morgan fingerprint density at radius 2 is 1.77 bits per heavy atom. The van der Waals surface area contributed by atoms with E-state index in [4.69, 9.17) is 4.74 Å². The van der Waals surface area contributed by atoms with Gasteiger partial charge in [0.1, 0.15) is 6.61 Å². The molecule has 0 aliphatic carbocycles. The maximum atomic E-state index is 13.3. The summed E-state index contributed by atoms with van der Waals surface area (Å²) in [6, 6.07) is 13.3. The SMILES string of the molecule is Cc1cccc(C)c1-c1cc2nc(n1)NS(=O)(=O)c1cccc(c1)CN(CCC(F)(F)F)[C@H](CC(C)C)CO2. The first-order valence-corrected chi connectivity index (χ1v) is 14.3. The number of ether oxygens (including phenoxy) is 1. The lowest BCUT2D eigenvalue weighted by atomic mass is 10.00. The quantitative estimate of drug-likeness (QED) is 0.403. The molecule has 2 heterocycles. The molecule has 0 saturated carbocycles. The Labute approximate surface area is 227 Å². The van der Waals surface area contributed by atoms with E-state index in [1.54, 1.807) is 23.1 Å². The summed E-state index contributed by atoms with van der Waals surface area (Å²) in [5.41, 5.74) is 3.76. The number of alkyl halides is 3. The van der Waals surface area contributed by atoms with Gasteiger partial charge in [0, 0.05) is 30.8 Å². The molecule has 11 heteroatoms. The molecule has 0 saturated heterocycles. The van der Waals surface area contributed by atoms with Crippen molar-refractivity contribution in [2.75, 3.05) is 17.9 Å². The number of hydrogen-bond acceptors (Lipinski definition) is 6. The summed E-state index contributed by atoms with van der Waals surface area (Å²) in [6.07, 6.45) is -4.74. The summed E-state index contributed by atoms with van der Waals surface area (Å²) < 4.78 is 75.0. The van der Waals surface area contributed by atoms with Crippen LogP contribution in [0.15, 0.2) is 53.4 Å². The van der Waals surface area contributed by atoms with Crippen LogP contribution in [-0.4, -0.2) is 48.7 Å². The molecule has 210 valence electrons. The van der Waals surface area contributed by atoms with Crippen LogP contribution < -0.4 is 9.46 Å². The molecule has 0 fully saturated rings. The minimum Gasteiger partial charge on any atom is -0.476 e. The molecule has 1 aliphatic heterocycles. The third kappa shape index (κ3) is 7.48. The summed E-state index contributed by atoms with van der Waals surface area (Å²) in [5.74, 6) is 0.169. The van der Waals surface area contributed by atoms with E-state index in [2.05, 4.69) is 14.7 Å². The number of aryl methyl sites for hydroxylation is 2. The Bertz CT molecular complexity index is 1410. The van der Waals surface area contributed by atoms with E-state index in [0.29, 0.717) is 17.7 Å². The van der Waals surface area contributed by atoms with E-state index in [1.807, 2.05) is 45.9 Å². The van der Waals surface area contributed by atoms with E-state index in [0.717, 1.165) is 16.7 Å². The predicted octanol–water partition coefficient (Wildman–Crippen LogP) is 6.12. The fourth-order valence-electron chi connectivity index (χ4n) is 4.83. The zero-order valence-corrected chi connectivity index (χ0v) is 23.2. The number of nitrogens with zero attached hydrogens (tertiary/aromatic N) is 3. The van der Waals surface area contributed by atoms with Crippen LogP contribution in [0, 0.1) is 19.8 Å². The lowest BCUT2D eigenvalue weighted by Gasteiger charge is -2.33. The van der Waals surface area contributed by atoms with Gasteiger partial charge in [-0.25, -0.2) is 18.1 Å². The molecule has 0 spiro atoms. The highest BCUT2D eigenvalue weighted by molar-refractivity contribution is 7.92. The molecule has 1 aliphatic rings. The summed E-state index contributed by atoms with van der Waals surface area (Å²) in [5, 5.41) is 0. The average Bonchev–Trinajstić information content (AvgIpc) is 2.83. The summed E-state index contributed by atoms with van der Waals surface area (Å²) >= 11 is 0. The molecular formula is C28H33F3N4O3S. The molecule has 2 aromatic carbocycles. The van der Waals surface area contributed by atoms with E-state index in [9.17, 15) is 21.6 Å². The van der Waals surface area contributed by atoms with E-state index in [1.165, 1.54) is 12.1 Å². The topological polar surface area (TPSA) is 84.4 Å². The van der Waals surface area contributed by atoms with Crippen molar-refractivity contribution in [2.45, 2.75) is 64.2 Å². The lowest BCUT2D eigenvalue weighted by Crippen LogP contribution is -2.42. The van der Waals surface area contributed by atoms with Gasteiger partial charge in [-0.3, -0.25) is 4.90 Å². The number of rotatable bonds is 5. The number of aromatic nitrogens is 2. The van der Waals surface area contributed by atoms with Crippen LogP contribution >= 0.6 is 0 Å². The molecular weight excluding hydrogens is 529 g/mol. The maximum absolute atomic E-state index is 13.3. The predicted molar refractivity (Wildman–Crippen MR) is 144 cm³/mol. The van der Waals surface area contributed by atoms with Crippen LogP contribution in [0.2, 0.25) is 0 Å². The van der Waals surface area contributed by atoms with Crippen molar-refractivity contribution in [3.05, 3.63) is 65.2 Å². The zero-order chi connectivity index (χ0) is 28.4. The number of anilines is 1. The van der Waals surface area contributed by atoms with Gasteiger partial charge in [0.05, 0.1) is 17.0 Å². The number of hydrogen-bond donors (Lipinski definition) is 1. The highest BCUT2D eigenvalue weighted by Crippen LogP contribution is 2.30. The van der Waals surface area contributed by atoms with Crippen LogP contribution in [0.3, 0.4) is 0 Å². The Hall–Kier alpha value is -3.18. The Morgan fingerprint density at radius 3 is 2.44 bits per heavy atom. The number of halogens is 3. The molecule has 3 aromatic rings. The fourth-order valence-corrected chi connectivity index (χ4v) is 5.84. The second-order valence-corrected chi connectivity index (χ2v) is 12.0. The third-order valence-corrected chi connectivity index (χ3v) is 7.95. The van der Waals surface area contributed by atoms with Crippen molar-refractivity contribution in [3.8, 4) is 17.1 Å². The fraction of sp³-hybridized carbons (Fsp3) is 0.429. The van der Waals surface area contributed by atoms with Crippen molar-refractivity contribution in [2.24, 2.45) is 5.92 Å². The zero-order valence-electron chi connectivity index (χ0n) is 22.4. The van der Waals surface area contributed by atoms with Crippen molar-refractivity contribution < 1.29 is 26.3 Å².